The lowest BCUT2D eigenvalue weighted by atomic mass is 10.0. The third kappa shape index (κ3) is 3.93. The highest BCUT2D eigenvalue weighted by Crippen LogP contribution is 2.27. The predicted molar refractivity (Wildman–Crippen MR) is 93.1 cm³/mol. The highest BCUT2D eigenvalue weighted by molar-refractivity contribution is 5.73. The average Bonchev–Trinajstić information content (AvgIpc) is 2.56. The van der Waals surface area contributed by atoms with E-state index in [2.05, 4.69) is 33.9 Å². The van der Waals surface area contributed by atoms with E-state index in [1.165, 1.54) is 0 Å². The van der Waals surface area contributed by atoms with Crippen LogP contribution in [-0.4, -0.2) is 59.2 Å². The quantitative estimate of drug-likeness (QED) is 0.803. The number of hydrogen-bond donors (Lipinski definition) is 2. The van der Waals surface area contributed by atoms with E-state index in [-0.39, 0.29) is 12.1 Å². The average molecular weight is 320 g/mol. The highest BCUT2D eigenvalue weighted by Gasteiger charge is 2.34. The van der Waals surface area contributed by atoms with Gasteiger partial charge in [-0.1, -0.05) is 13.8 Å². The van der Waals surface area contributed by atoms with Crippen molar-refractivity contribution in [1.29, 1.82) is 0 Å². The fourth-order valence-electron chi connectivity index (χ4n) is 3.36. The molecule has 2 unspecified atom stereocenters. The van der Waals surface area contributed by atoms with Crippen molar-refractivity contribution in [3.05, 3.63) is 18.3 Å². The molecule has 1 fully saturated rings. The molecular weight excluding hydrogens is 292 g/mol. The number of rotatable bonds is 7. The molecule has 6 heteroatoms. The first kappa shape index (κ1) is 17.5. The maximum atomic E-state index is 11.5. The van der Waals surface area contributed by atoms with Gasteiger partial charge in [0.25, 0.3) is 0 Å². The molecular formula is C17H28N4O2. The summed E-state index contributed by atoms with van der Waals surface area (Å²) in [6.07, 6.45) is 3.39. The number of carboxylic acids is 1. The van der Waals surface area contributed by atoms with E-state index in [9.17, 15) is 9.90 Å². The third-order valence-corrected chi connectivity index (χ3v) is 4.53. The van der Waals surface area contributed by atoms with Gasteiger partial charge >= 0.3 is 5.97 Å². The molecule has 23 heavy (non-hydrogen) atoms. The second-order valence-electron chi connectivity index (χ2n) is 5.91. The molecule has 1 aromatic heterocycles. The van der Waals surface area contributed by atoms with Crippen molar-refractivity contribution >= 4 is 17.5 Å². The number of anilines is 2. The van der Waals surface area contributed by atoms with Crippen LogP contribution < -0.4 is 10.2 Å². The molecule has 0 amide bonds. The van der Waals surface area contributed by atoms with Crippen LogP contribution in [0, 0.1) is 0 Å². The van der Waals surface area contributed by atoms with Gasteiger partial charge in [0.1, 0.15) is 6.04 Å². The molecule has 0 saturated carbocycles. The van der Waals surface area contributed by atoms with Crippen molar-refractivity contribution in [3.8, 4) is 0 Å². The standard InChI is InChI=1S/C17H28N4O2/c1-4-13-12-20(10-11-21(13)15(5-2)17(22)23)16-14(18-6-3)8-7-9-19-16/h7-9,13,15,18H,4-6,10-12H2,1-3H3,(H,22,23). The maximum absolute atomic E-state index is 11.5. The Morgan fingerprint density at radius 2 is 2.22 bits per heavy atom. The summed E-state index contributed by atoms with van der Waals surface area (Å²) in [4.78, 5) is 20.5. The van der Waals surface area contributed by atoms with Gasteiger partial charge in [0.2, 0.25) is 0 Å². The van der Waals surface area contributed by atoms with Crippen LogP contribution in [0.4, 0.5) is 11.5 Å². The zero-order valence-corrected chi connectivity index (χ0v) is 14.3. The molecule has 2 rings (SSSR count). The topological polar surface area (TPSA) is 68.7 Å². The molecule has 1 aliphatic rings. The fourth-order valence-corrected chi connectivity index (χ4v) is 3.36. The van der Waals surface area contributed by atoms with Crippen molar-refractivity contribution in [2.24, 2.45) is 0 Å². The van der Waals surface area contributed by atoms with Crippen LogP contribution >= 0.6 is 0 Å². The van der Waals surface area contributed by atoms with Crippen LogP contribution in [0.1, 0.15) is 33.6 Å². The fraction of sp³-hybridized carbons (Fsp3) is 0.647. The van der Waals surface area contributed by atoms with E-state index in [4.69, 9.17) is 0 Å². The van der Waals surface area contributed by atoms with Gasteiger partial charge in [-0.15, -0.1) is 0 Å². The van der Waals surface area contributed by atoms with Gasteiger partial charge in [0.05, 0.1) is 5.69 Å². The normalized spacial score (nSPS) is 20.3. The van der Waals surface area contributed by atoms with Crippen molar-refractivity contribution in [2.45, 2.75) is 45.7 Å². The summed E-state index contributed by atoms with van der Waals surface area (Å²) in [6, 6.07) is 3.83. The van der Waals surface area contributed by atoms with E-state index >= 15 is 0 Å². The molecule has 0 spiro atoms. The SMILES string of the molecule is CCNc1cccnc1N1CCN(C(CC)C(=O)O)C(CC)C1. The Balaban J connectivity index is 2.17. The molecule has 2 heterocycles. The predicted octanol–water partition coefficient (Wildman–Crippen LogP) is 2.28. The minimum atomic E-state index is -0.717. The summed E-state index contributed by atoms with van der Waals surface area (Å²) in [5.74, 6) is 0.251. The number of hydrogen-bond acceptors (Lipinski definition) is 5. The third-order valence-electron chi connectivity index (χ3n) is 4.53. The van der Waals surface area contributed by atoms with Crippen molar-refractivity contribution in [2.75, 3.05) is 36.4 Å². The zero-order valence-electron chi connectivity index (χ0n) is 14.3. The van der Waals surface area contributed by atoms with Gasteiger partial charge in [-0.3, -0.25) is 9.69 Å². The van der Waals surface area contributed by atoms with Crippen LogP contribution in [0.2, 0.25) is 0 Å². The van der Waals surface area contributed by atoms with E-state index < -0.39 is 5.97 Å². The van der Waals surface area contributed by atoms with E-state index in [1.807, 2.05) is 25.3 Å². The van der Waals surface area contributed by atoms with Gasteiger partial charge in [-0.05, 0) is 31.9 Å². The Hall–Kier alpha value is -1.82. The van der Waals surface area contributed by atoms with Crippen LogP contribution in [0.15, 0.2) is 18.3 Å². The summed E-state index contributed by atoms with van der Waals surface area (Å²) in [6.45, 7) is 9.37. The molecule has 6 nitrogen and oxygen atoms in total. The lowest BCUT2D eigenvalue weighted by Gasteiger charge is -2.44. The Bertz CT molecular complexity index is 523. The van der Waals surface area contributed by atoms with E-state index in [0.717, 1.165) is 44.1 Å². The molecule has 1 aliphatic heterocycles. The van der Waals surface area contributed by atoms with Crippen LogP contribution in [0.5, 0.6) is 0 Å². The molecule has 2 atom stereocenters. The summed E-state index contributed by atoms with van der Waals surface area (Å²) in [5, 5.41) is 12.8. The first-order chi connectivity index (χ1) is 11.1. The first-order valence-corrected chi connectivity index (χ1v) is 8.54. The Labute approximate surface area is 138 Å². The second kappa shape index (κ2) is 8.15. The van der Waals surface area contributed by atoms with Gasteiger partial charge in [-0.25, -0.2) is 4.98 Å². The van der Waals surface area contributed by atoms with E-state index in [1.54, 1.807) is 0 Å². The number of carbonyl (C=O) groups is 1. The summed E-state index contributed by atoms with van der Waals surface area (Å²) in [7, 11) is 0. The van der Waals surface area contributed by atoms with Crippen LogP contribution in [0.25, 0.3) is 0 Å². The number of nitrogens with zero attached hydrogens (tertiary/aromatic N) is 3. The number of carboxylic acid groups (broad SMARTS) is 1. The molecule has 2 N–H and O–H groups in total. The van der Waals surface area contributed by atoms with Crippen molar-refractivity contribution < 1.29 is 9.90 Å². The highest BCUT2D eigenvalue weighted by atomic mass is 16.4. The lowest BCUT2D eigenvalue weighted by molar-refractivity contribution is -0.144. The number of nitrogens with one attached hydrogen (secondary N) is 1. The van der Waals surface area contributed by atoms with E-state index in [0.29, 0.717) is 6.42 Å². The molecule has 1 saturated heterocycles. The largest absolute Gasteiger partial charge is 0.480 e. The Morgan fingerprint density at radius 3 is 2.83 bits per heavy atom. The molecule has 0 aliphatic carbocycles. The smallest absolute Gasteiger partial charge is 0.320 e. The van der Waals surface area contributed by atoms with Crippen molar-refractivity contribution in [3.63, 3.8) is 0 Å². The maximum Gasteiger partial charge on any atom is 0.320 e. The van der Waals surface area contributed by atoms with Crippen LogP contribution in [-0.2, 0) is 4.79 Å². The van der Waals surface area contributed by atoms with Gasteiger partial charge in [0, 0.05) is 38.4 Å². The van der Waals surface area contributed by atoms with Gasteiger partial charge in [-0.2, -0.15) is 0 Å². The lowest BCUT2D eigenvalue weighted by Crippen LogP contribution is -2.58. The summed E-state index contributed by atoms with van der Waals surface area (Å²) < 4.78 is 0. The Kier molecular flexibility index (Phi) is 6.21. The minimum absolute atomic E-state index is 0.237. The molecule has 0 aromatic carbocycles. The first-order valence-electron chi connectivity index (χ1n) is 8.54. The number of aromatic nitrogens is 1. The Morgan fingerprint density at radius 1 is 1.43 bits per heavy atom. The second-order valence-corrected chi connectivity index (χ2v) is 5.91. The molecule has 0 bridgehead atoms. The molecule has 0 radical (unpaired) electrons. The zero-order chi connectivity index (χ0) is 16.8. The number of aliphatic carboxylic acids is 1. The number of pyridine rings is 1. The molecule has 128 valence electrons. The van der Waals surface area contributed by atoms with Gasteiger partial charge in [0.15, 0.2) is 5.82 Å². The van der Waals surface area contributed by atoms with Crippen molar-refractivity contribution in [1.82, 2.24) is 9.88 Å². The number of piperazine rings is 1. The summed E-state index contributed by atoms with van der Waals surface area (Å²) in [5.41, 5.74) is 1.04. The van der Waals surface area contributed by atoms with Gasteiger partial charge < -0.3 is 15.3 Å². The van der Waals surface area contributed by atoms with Crippen LogP contribution in [0.3, 0.4) is 0 Å². The minimum Gasteiger partial charge on any atom is -0.480 e. The molecule has 1 aromatic rings. The monoisotopic (exact) mass is 320 g/mol. The summed E-state index contributed by atoms with van der Waals surface area (Å²) >= 11 is 0.